The minimum atomic E-state index is -3.55. The molecule has 0 unspecified atom stereocenters. The molecule has 3 heterocycles. The van der Waals surface area contributed by atoms with E-state index >= 15 is 0 Å². The van der Waals surface area contributed by atoms with Gasteiger partial charge in [0, 0.05) is 32.7 Å². The third-order valence-electron chi connectivity index (χ3n) is 6.30. The Morgan fingerprint density at radius 2 is 1.97 bits per heavy atom. The number of carbonyl (C=O) groups is 1. The van der Waals surface area contributed by atoms with Gasteiger partial charge in [-0.1, -0.05) is 18.2 Å². The van der Waals surface area contributed by atoms with E-state index in [1.807, 2.05) is 24.3 Å². The number of hydrogen-bond acceptors (Lipinski definition) is 7. The zero-order valence-corrected chi connectivity index (χ0v) is 20.4. The zero-order valence-electron chi connectivity index (χ0n) is 18.8. The van der Waals surface area contributed by atoms with Crippen LogP contribution in [0.25, 0.3) is 0 Å². The Balaban J connectivity index is 1.42. The molecule has 2 aliphatic heterocycles. The fourth-order valence-electron chi connectivity index (χ4n) is 4.43. The molecule has 2 aliphatic rings. The van der Waals surface area contributed by atoms with E-state index in [4.69, 9.17) is 9.47 Å². The molecule has 0 spiro atoms. The van der Waals surface area contributed by atoms with Crippen molar-refractivity contribution in [2.45, 2.75) is 23.1 Å². The predicted octanol–water partition coefficient (Wildman–Crippen LogP) is 2.35. The van der Waals surface area contributed by atoms with E-state index in [-0.39, 0.29) is 24.4 Å². The van der Waals surface area contributed by atoms with Crippen molar-refractivity contribution in [3.63, 3.8) is 0 Å². The maximum atomic E-state index is 13.1. The molecule has 8 nitrogen and oxygen atoms in total. The molecular weight excluding hydrogens is 462 g/mol. The normalized spacial score (nSPS) is 21.4. The van der Waals surface area contributed by atoms with Crippen LogP contribution in [0.3, 0.4) is 0 Å². The summed E-state index contributed by atoms with van der Waals surface area (Å²) in [6.07, 6.45) is 1.36. The van der Waals surface area contributed by atoms with Gasteiger partial charge in [0.2, 0.25) is 5.91 Å². The van der Waals surface area contributed by atoms with Gasteiger partial charge >= 0.3 is 0 Å². The molecule has 2 aromatic rings. The number of amides is 1. The first kappa shape index (κ1) is 24.2. The Morgan fingerprint density at radius 1 is 1.21 bits per heavy atom. The van der Waals surface area contributed by atoms with Crippen LogP contribution in [0.2, 0.25) is 0 Å². The number of carbonyl (C=O) groups excluding carboxylic acids is 1. The SMILES string of the molecule is COc1ccc([C@H](CNC(=O)[C@H]2CCCN(S(=O)(=O)c3cccs3)C2)N2CCOCC2)cc1. The Morgan fingerprint density at radius 3 is 2.64 bits per heavy atom. The van der Waals surface area contributed by atoms with Crippen molar-refractivity contribution in [2.75, 3.05) is 53.0 Å². The van der Waals surface area contributed by atoms with Gasteiger partial charge < -0.3 is 14.8 Å². The van der Waals surface area contributed by atoms with Crippen LogP contribution in [-0.4, -0.2) is 76.6 Å². The van der Waals surface area contributed by atoms with Crippen molar-refractivity contribution < 1.29 is 22.7 Å². The maximum Gasteiger partial charge on any atom is 0.252 e. The first-order valence-electron chi connectivity index (χ1n) is 11.3. The van der Waals surface area contributed by atoms with E-state index in [0.29, 0.717) is 43.4 Å². The van der Waals surface area contributed by atoms with Crippen LogP contribution < -0.4 is 10.1 Å². The van der Waals surface area contributed by atoms with Gasteiger partial charge in [-0.15, -0.1) is 11.3 Å². The number of thiophene rings is 1. The van der Waals surface area contributed by atoms with E-state index in [1.54, 1.807) is 24.6 Å². The summed E-state index contributed by atoms with van der Waals surface area (Å²) in [5.41, 5.74) is 1.10. The van der Waals surface area contributed by atoms with E-state index < -0.39 is 10.0 Å². The molecule has 1 N–H and O–H groups in total. The summed E-state index contributed by atoms with van der Waals surface area (Å²) < 4.78 is 38.4. The van der Waals surface area contributed by atoms with Gasteiger partial charge in [0.25, 0.3) is 10.0 Å². The number of morpholine rings is 1. The molecular formula is C23H31N3O5S2. The lowest BCUT2D eigenvalue weighted by molar-refractivity contribution is -0.126. The fourth-order valence-corrected chi connectivity index (χ4v) is 7.10. The number of methoxy groups -OCH3 is 1. The minimum absolute atomic E-state index is 0.0123. The van der Waals surface area contributed by atoms with Crippen molar-refractivity contribution in [3.8, 4) is 5.75 Å². The van der Waals surface area contributed by atoms with Crippen LogP contribution in [0.5, 0.6) is 5.75 Å². The molecule has 1 aromatic heterocycles. The number of sulfonamides is 1. The molecule has 2 atom stereocenters. The van der Waals surface area contributed by atoms with Gasteiger partial charge in [-0.2, -0.15) is 4.31 Å². The first-order valence-corrected chi connectivity index (χ1v) is 13.6. The van der Waals surface area contributed by atoms with Crippen molar-refractivity contribution in [1.82, 2.24) is 14.5 Å². The van der Waals surface area contributed by atoms with Gasteiger partial charge in [-0.25, -0.2) is 8.42 Å². The summed E-state index contributed by atoms with van der Waals surface area (Å²) >= 11 is 1.21. The van der Waals surface area contributed by atoms with Gasteiger partial charge in [-0.05, 0) is 42.0 Å². The molecule has 33 heavy (non-hydrogen) atoms. The Bertz CT molecular complexity index is 1010. The molecule has 2 fully saturated rings. The summed E-state index contributed by atoms with van der Waals surface area (Å²) in [4.78, 5) is 15.4. The van der Waals surface area contributed by atoms with Gasteiger partial charge in [0.05, 0.1) is 32.3 Å². The van der Waals surface area contributed by atoms with Crippen LogP contribution in [0.1, 0.15) is 24.4 Å². The van der Waals surface area contributed by atoms with Crippen LogP contribution >= 0.6 is 11.3 Å². The maximum absolute atomic E-state index is 13.1. The number of nitrogens with zero attached hydrogens (tertiary/aromatic N) is 2. The fraction of sp³-hybridized carbons (Fsp3) is 0.522. The third-order valence-corrected chi connectivity index (χ3v) is 9.54. The monoisotopic (exact) mass is 493 g/mol. The highest BCUT2D eigenvalue weighted by Gasteiger charge is 2.34. The second-order valence-electron chi connectivity index (χ2n) is 8.32. The van der Waals surface area contributed by atoms with Crippen molar-refractivity contribution in [1.29, 1.82) is 0 Å². The first-order chi connectivity index (χ1) is 16.0. The lowest BCUT2D eigenvalue weighted by atomic mass is 9.98. The topological polar surface area (TPSA) is 88.2 Å². The Labute approximate surface area is 199 Å². The molecule has 0 saturated carbocycles. The predicted molar refractivity (Wildman–Crippen MR) is 127 cm³/mol. The lowest BCUT2D eigenvalue weighted by Crippen LogP contribution is -2.48. The summed E-state index contributed by atoms with van der Waals surface area (Å²) in [6.45, 7) is 4.05. The van der Waals surface area contributed by atoms with Gasteiger partial charge in [-0.3, -0.25) is 9.69 Å². The van der Waals surface area contributed by atoms with Crippen LogP contribution in [-0.2, 0) is 19.6 Å². The van der Waals surface area contributed by atoms with Gasteiger partial charge in [0.15, 0.2) is 0 Å². The Kier molecular flexibility index (Phi) is 8.02. The summed E-state index contributed by atoms with van der Waals surface area (Å²) in [6, 6.07) is 11.3. The standard InChI is InChI=1S/C23H31N3O5S2/c1-30-20-8-6-18(7-9-20)21(25-11-13-31-14-12-25)16-24-23(27)19-4-2-10-26(17-19)33(28,29)22-5-3-15-32-22/h3,5-9,15,19,21H,2,4,10-14,16-17H2,1H3,(H,24,27)/t19-,21-/m0/s1. The number of hydrogen-bond donors (Lipinski definition) is 1. The second-order valence-corrected chi connectivity index (χ2v) is 11.4. The number of rotatable bonds is 8. The van der Waals surface area contributed by atoms with E-state index in [9.17, 15) is 13.2 Å². The quantitative estimate of drug-likeness (QED) is 0.607. The average Bonchev–Trinajstić information content (AvgIpc) is 3.41. The summed E-state index contributed by atoms with van der Waals surface area (Å²) in [5.74, 6) is 0.348. The lowest BCUT2D eigenvalue weighted by Gasteiger charge is -2.36. The summed E-state index contributed by atoms with van der Waals surface area (Å²) in [5, 5.41) is 4.87. The molecule has 0 bridgehead atoms. The average molecular weight is 494 g/mol. The molecule has 0 aliphatic carbocycles. The van der Waals surface area contributed by atoms with E-state index in [2.05, 4.69) is 10.2 Å². The van der Waals surface area contributed by atoms with Crippen LogP contribution in [0.15, 0.2) is 46.0 Å². The van der Waals surface area contributed by atoms with Gasteiger partial charge in [0.1, 0.15) is 9.96 Å². The third kappa shape index (κ3) is 5.75. The smallest absolute Gasteiger partial charge is 0.252 e. The largest absolute Gasteiger partial charge is 0.497 e. The van der Waals surface area contributed by atoms with Crippen LogP contribution in [0.4, 0.5) is 0 Å². The molecule has 1 aromatic carbocycles. The number of benzene rings is 1. The highest BCUT2D eigenvalue weighted by Crippen LogP contribution is 2.27. The second kappa shape index (κ2) is 11.0. The van der Waals surface area contributed by atoms with Crippen molar-refractivity contribution >= 4 is 27.3 Å². The molecule has 180 valence electrons. The molecule has 1 amide bonds. The zero-order chi connectivity index (χ0) is 23.3. The summed E-state index contributed by atoms with van der Waals surface area (Å²) in [7, 11) is -1.91. The van der Waals surface area contributed by atoms with Crippen LogP contribution in [0, 0.1) is 5.92 Å². The minimum Gasteiger partial charge on any atom is -0.497 e. The highest BCUT2D eigenvalue weighted by atomic mass is 32.2. The number of piperidine rings is 1. The van der Waals surface area contributed by atoms with E-state index in [1.165, 1.54) is 15.6 Å². The van der Waals surface area contributed by atoms with Crippen molar-refractivity contribution in [3.05, 3.63) is 47.3 Å². The molecule has 4 rings (SSSR count). The molecule has 2 saturated heterocycles. The highest BCUT2D eigenvalue weighted by molar-refractivity contribution is 7.91. The number of ether oxygens (including phenoxy) is 2. The Hall–Kier alpha value is -1.98. The van der Waals surface area contributed by atoms with E-state index in [0.717, 1.165) is 24.4 Å². The molecule has 0 radical (unpaired) electrons. The van der Waals surface area contributed by atoms with Crippen molar-refractivity contribution in [2.24, 2.45) is 5.92 Å². The number of nitrogens with one attached hydrogen (secondary N) is 1. The molecule has 10 heteroatoms.